The topological polar surface area (TPSA) is 72.2 Å². The summed E-state index contributed by atoms with van der Waals surface area (Å²) in [5, 5.41) is 0. The Labute approximate surface area is 112 Å². The normalized spacial score (nSPS) is 17.8. The van der Waals surface area contributed by atoms with Crippen molar-refractivity contribution in [1.29, 1.82) is 0 Å². The van der Waals surface area contributed by atoms with E-state index in [2.05, 4.69) is 4.72 Å². The Balaban J connectivity index is 2.13. The minimum Gasteiger partial charge on any atom is -0.326 e. The lowest BCUT2D eigenvalue weighted by Gasteiger charge is -2.22. The van der Waals surface area contributed by atoms with E-state index in [0.29, 0.717) is 11.4 Å². The van der Waals surface area contributed by atoms with Gasteiger partial charge in [0.25, 0.3) is 0 Å². The summed E-state index contributed by atoms with van der Waals surface area (Å²) in [6.07, 6.45) is 1.81. The third-order valence-electron chi connectivity index (χ3n) is 2.99. The van der Waals surface area contributed by atoms with Crippen molar-refractivity contribution in [3.8, 4) is 0 Å². The Morgan fingerprint density at radius 1 is 1.33 bits per heavy atom. The Kier molecular flexibility index (Phi) is 4.66. The van der Waals surface area contributed by atoms with Crippen LogP contribution in [0.5, 0.6) is 0 Å². The van der Waals surface area contributed by atoms with E-state index in [0.717, 1.165) is 29.9 Å². The zero-order valence-corrected chi connectivity index (χ0v) is 11.8. The third-order valence-corrected chi connectivity index (χ3v) is 5.55. The van der Waals surface area contributed by atoms with Crippen LogP contribution in [0.3, 0.4) is 0 Å². The molecule has 0 spiro atoms. The maximum absolute atomic E-state index is 12.2. The van der Waals surface area contributed by atoms with E-state index in [-0.39, 0.29) is 6.04 Å². The van der Waals surface area contributed by atoms with Crippen molar-refractivity contribution in [2.75, 3.05) is 11.5 Å². The van der Waals surface area contributed by atoms with Gasteiger partial charge in [0.05, 0.1) is 4.90 Å². The highest BCUT2D eigenvalue weighted by Crippen LogP contribution is 2.19. The maximum atomic E-state index is 12.2. The van der Waals surface area contributed by atoms with Gasteiger partial charge < -0.3 is 5.73 Å². The number of thioether (sulfide) groups is 1. The van der Waals surface area contributed by atoms with E-state index in [4.69, 9.17) is 5.73 Å². The first kappa shape index (κ1) is 13.9. The highest BCUT2D eigenvalue weighted by Gasteiger charge is 2.21. The first-order valence-electron chi connectivity index (χ1n) is 6.01. The lowest BCUT2D eigenvalue weighted by molar-refractivity contribution is 0.529. The van der Waals surface area contributed by atoms with Crippen molar-refractivity contribution in [2.45, 2.75) is 30.3 Å². The van der Waals surface area contributed by atoms with Gasteiger partial charge in [-0.1, -0.05) is 12.1 Å². The summed E-state index contributed by atoms with van der Waals surface area (Å²) >= 11 is 1.88. The molecule has 0 amide bonds. The zero-order valence-electron chi connectivity index (χ0n) is 10.1. The molecule has 6 heteroatoms. The van der Waals surface area contributed by atoms with E-state index >= 15 is 0 Å². The van der Waals surface area contributed by atoms with Gasteiger partial charge in [0.1, 0.15) is 0 Å². The fraction of sp³-hybridized carbons (Fsp3) is 0.500. The molecule has 0 atom stereocenters. The minimum atomic E-state index is -3.41. The van der Waals surface area contributed by atoms with E-state index in [1.54, 1.807) is 18.2 Å². The quantitative estimate of drug-likeness (QED) is 0.875. The summed E-state index contributed by atoms with van der Waals surface area (Å²) in [7, 11) is -3.41. The van der Waals surface area contributed by atoms with Crippen molar-refractivity contribution in [2.24, 2.45) is 5.73 Å². The highest BCUT2D eigenvalue weighted by molar-refractivity contribution is 7.99. The summed E-state index contributed by atoms with van der Waals surface area (Å²) in [5.74, 6) is 2.05. The van der Waals surface area contributed by atoms with Crippen molar-refractivity contribution in [3.63, 3.8) is 0 Å². The monoisotopic (exact) mass is 286 g/mol. The van der Waals surface area contributed by atoms with Crippen LogP contribution in [0.4, 0.5) is 0 Å². The van der Waals surface area contributed by atoms with Crippen molar-refractivity contribution in [3.05, 3.63) is 29.8 Å². The SMILES string of the molecule is NCc1cccc(S(=O)(=O)NC2CCSCC2)c1. The van der Waals surface area contributed by atoms with Gasteiger partial charge in [0.2, 0.25) is 10.0 Å². The lowest BCUT2D eigenvalue weighted by Crippen LogP contribution is -2.37. The molecule has 0 unspecified atom stereocenters. The molecule has 18 heavy (non-hydrogen) atoms. The van der Waals surface area contributed by atoms with Gasteiger partial charge in [-0.05, 0) is 42.0 Å². The van der Waals surface area contributed by atoms with E-state index in [9.17, 15) is 8.42 Å². The second-order valence-corrected chi connectivity index (χ2v) is 7.30. The molecule has 4 nitrogen and oxygen atoms in total. The average Bonchev–Trinajstić information content (AvgIpc) is 2.39. The second kappa shape index (κ2) is 6.06. The molecule has 100 valence electrons. The van der Waals surface area contributed by atoms with Gasteiger partial charge >= 0.3 is 0 Å². The number of benzene rings is 1. The van der Waals surface area contributed by atoms with Crippen LogP contribution in [0.25, 0.3) is 0 Å². The Morgan fingerprint density at radius 2 is 2.06 bits per heavy atom. The highest BCUT2D eigenvalue weighted by atomic mass is 32.2. The summed E-state index contributed by atoms with van der Waals surface area (Å²) in [6, 6.07) is 6.88. The molecule has 0 aliphatic carbocycles. The molecule has 0 saturated carbocycles. The van der Waals surface area contributed by atoms with Crippen LogP contribution in [0.2, 0.25) is 0 Å². The van der Waals surface area contributed by atoms with Crippen LogP contribution < -0.4 is 10.5 Å². The van der Waals surface area contributed by atoms with Gasteiger partial charge in [-0.15, -0.1) is 0 Å². The van der Waals surface area contributed by atoms with Crippen LogP contribution in [0.15, 0.2) is 29.2 Å². The van der Waals surface area contributed by atoms with Crippen LogP contribution in [0.1, 0.15) is 18.4 Å². The number of hydrogen-bond acceptors (Lipinski definition) is 4. The fourth-order valence-corrected chi connectivity index (χ4v) is 4.42. The molecule has 1 aliphatic heterocycles. The van der Waals surface area contributed by atoms with Crippen LogP contribution in [-0.2, 0) is 16.6 Å². The van der Waals surface area contributed by atoms with Crippen LogP contribution >= 0.6 is 11.8 Å². The van der Waals surface area contributed by atoms with E-state index < -0.39 is 10.0 Å². The molecular formula is C12H18N2O2S2. The van der Waals surface area contributed by atoms with Gasteiger partial charge in [-0.3, -0.25) is 0 Å². The number of nitrogens with two attached hydrogens (primary N) is 1. The minimum absolute atomic E-state index is 0.0674. The first-order chi connectivity index (χ1) is 8.62. The van der Waals surface area contributed by atoms with Crippen LogP contribution in [-0.4, -0.2) is 26.0 Å². The predicted octanol–water partition coefficient (Wildman–Crippen LogP) is 1.32. The second-order valence-electron chi connectivity index (χ2n) is 4.36. The standard InChI is InChI=1S/C12H18N2O2S2/c13-9-10-2-1-3-12(8-10)18(15,16)14-11-4-6-17-7-5-11/h1-3,8,11,14H,4-7,9,13H2. The van der Waals surface area contributed by atoms with Gasteiger partial charge in [-0.25, -0.2) is 13.1 Å². The Hall–Kier alpha value is -0.560. The number of nitrogens with one attached hydrogen (secondary N) is 1. The number of hydrogen-bond donors (Lipinski definition) is 2. The van der Waals surface area contributed by atoms with Gasteiger partial charge in [0, 0.05) is 12.6 Å². The van der Waals surface area contributed by atoms with Crippen molar-refractivity contribution in [1.82, 2.24) is 4.72 Å². The van der Waals surface area contributed by atoms with Gasteiger partial charge in [-0.2, -0.15) is 11.8 Å². The van der Waals surface area contributed by atoms with Crippen molar-refractivity contribution >= 4 is 21.8 Å². The van der Waals surface area contributed by atoms with Crippen LogP contribution in [0, 0.1) is 0 Å². The molecule has 0 aromatic heterocycles. The third kappa shape index (κ3) is 3.47. The number of sulfonamides is 1. The van der Waals surface area contributed by atoms with E-state index in [1.165, 1.54) is 0 Å². The summed E-state index contributed by atoms with van der Waals surface area (Å²) in [5.41, 5.74) is 6.36. The number of rotatable bonds is 4. The molecule has 0 radical (unpaired) electrons. The molecule has 1 heterocycles. The summed E-state index contributed by atoms with van der Waals surface area (Å²) in [4.78, 5) is 0.309. The fourth-order valence-electron chi connectivity index (χ4n) is 1.94. The summed E-state index contributed by atoms with van der Waals surface area (Å²) < 4.78 is 27.2. The molecule has 2 rings (SSSR count). The Morgan fingerprint density at radius 3 is 2.72 bits per heavy atom. The van der Waals surface area contributed by atoms with Gasteiger partial charge in [0.15, 0.2) is 0 Å². The molecule has 3 N–H and O–H groups in total. The molecule has 1 saturated heterocycles. The Bertz CT molecular complexity index is 497. The zero-order chi connectivity index (χ0) is 13.0. The molecular weight excluding hydrogens is 268 g/mol. The van der Waals surface area contributed by atoms with Crippen molar-refractivity contribution < 1.29 is 8.42 Å². The van der Waals surface area contributed by atoms with E-state index in [1.807, 2.05) is 17.8 Å². The summed E-state index contributed by atoms with van der Waals surface area (Å²) in [6.45, 7) is 0.351. The maximum Gasteiger partial charge on any atom is 0.240 e. The largest absolute Gasteiger partial charge is 0.326 e. The molecule has 1 fully saturated rings. The molecule has 1 aromatic carbocycles. The smallest absolute Gasteiger partial charge is 0.240 e. The molecule has 0 bridgehead atoms. The predicted molar refractivity (Wildman–Crippen MR) is 75.0 cm³/mol. The average molecular weight is 286 g/mol. The molecule has 1 aliphatic rings. The lowest BCUT2D eigenvalue weighted by atomic mass is 10.2. The first-order valence-corrected chi connectivity index (χ1v) is 8.65. The molecule has 1 aromatic rings.